The summed E-state index contributed by atoms with van der Waals surface area (Å²) >= 11 is 0. The van der Waals surface area contributed by atoms with E-state index in [9.17, 15) is 19.5 Å². The molecule has 2 aliphatic heterocycles. The molecule has 246 valence electrons. The molecule has 9 nitrogen and oxygen atoms in total. The summed E-state index contributed by atoms with van der Waals surface area (Å²) in [5.74, 6) is 1.29. The Kier molecular flexibility index (Phi) is 12.0. The lowest BCUT2D eigenvalue weighted by Gasteiger charge is -2.52. The first-order chi connectivity index (χ1) is 20.7. The Balaban J connectivity index is 0.00000442. The van der Waals surface area contributed by atoms with E-state index < -0.39 is 17.2 Å². The van der Waals surface area contributed by atoms with Crippen LogP contribution in [0.3, 0.4) is 0 Å². The largest absolute Gasteiger partial charge is 0.490 e. The van der Waals surface area contributed by atoms with Crippen LogP contribution in [0.5, 0.6) is 5.75 Å². The number of aliphatic hydroxyl groups is 1. The minimum absolute atomic E-state index is 0. The van der Waals surface area contributed by atoms with Crippen molar-refractivity contribution < 1.29 is 24.2 Å². The van der Waals surface area contributed by atoms with Gasteiger partial charge in [0.15, 0.2) is 0 Å². The number of likely N-dealkylation sites (tertiary alicyclic amines) is 1. The van der Waals surface area contributed by atoms with Crippen LogP contribution in [0.25, 0.3) is 0 Å². The Hall–Kier alpha value is -2.36. The maximum atomic E-state index is 13.8. The Morgan fingerprint density at radius 3 is 2.30 bits per heavy atom. The number of ether oxygens (including phenoxy) is 1. The van der Waals surface area contributed by atoms with Gasteiger partial charge in [0, 0.05) is 45.2 Å². The molecule has 10 heteroatoms. The molecule has 1 aromatic rings. The van der Waals surface area contributed by atoms with Crippen molar-refractivity contribution in [2.24, 2.45) is 5.92 Å². The lowest BCUT2D eigenvalue weighted by atomic mass is 9.77. The predicted octanol–water partition coefficient (Wildman–Crippen LogP) is 4.45. The van der Waals surface area contributed by atoms with E-state index in [-0.39, 0.29) is 36.2 Å². The van der Waals surface area contributed by atoms with Crippen LogP contribution in [-0.4, -0.2) is 89.1 Å². The number of hydrogen-bond acceptors (Lipinski definition) is 6. The van der Waals surface area contributed by atoms with Gasteiger partial charge in [-0.15, -0.1) is 12.4 Å². The number of hydrogen-bond donors (Lipinski definition) is 3. The number of carbonyl (C=O) groups excluding carboxylic acids is 3. The Labute approximate surface area is 269 Å². The van der Waals surface area contributed by atoms with Gasteiger partial charge in [-0.1, -0.05) is 32.6 Å². The molecular formula is C34H53ClN4O5. The quantitative estimate of drug-likeness (QED) is 0.352. The molecule has 2 aliphatic carbocycles. The molecule has 44 heavy (non-hydrogen) atoms. The van der Waals surface area contributed by atoms with E-state index in [1.54, 1.807) is 19.2 Å². The highest BCUT2D eigenvalue weighted by Crippen LogP contribution is 2.38. The fraction of sp³-hybridized carbons (Fsp3) is 0.735. The summed E-state index contributed by atoms with van der Waals surface area (Å²) < 4.78 is 6.22. The van der Waals surface area contributed by atoms with Crippen molar-refractivity contribution in [3.05, 3.63) is 29.8 Å². The summed E-state index contributed by atoms with van der Waals surface area (Å²) in [6.07, 6.45) is 12.4. The summed E-state index contributed by atoms with van der Waals surface area (Å²) in [4.78, 5) is 43.8. The minimum atomic E-state index is -0.850. The summed E-state index contributed by atoms with van der Waals surface area (Å²) in [6, 6.07) is 6.72. The first kappa shape index (κ1) is 34.5. The molecule has 4 fully saturated rings. The molecule has 1 aromatic carbocycles. The summed E-state index contributed by atoms with van der Waals surface area (Å²) in [7, 11) is 1.63. The molecule has 0 unspecified atom stereocenters. The number of unbranched alkanes of at least 4 members (excludes halogenated alkanes) is 1. The Morgan fingerprint density at radius 2 is 1.68 bits per heavy atom. The highest BCUT2D eigenvalue weighted by atomic mass is 35.5. The molecule has 2 saturated carbocycles. The molecule has 3 amide bonds. The summed E-state index contributed by atoms with van der Waals surface area (Å²) in [5.41, 5.74) is -0.992. The second kappa shape index (κ2) is 15.3. The molecule has 1 atom stereocenters. The number of nitrogens with one attached hydrogen (secondary N) is 2. The fourth-order valence-electron chi connectivity index (χ4n) is 7.87. The summed E-state index contributed by atoms with van der Waals surface area (Å²) in [6.45, 7) is 5.37. The number of benzene rings is 1. The van der Waals surface area contributed by atoms with Crippen LogP contribution in [0.4, 0.5) is 0 Å². The van der Waals surface area contributed by atoms with E-state index in [2.05, 4.69) is 22.5 Å². The van der Waals surface area contributed by atoms with Gasteiger partial charge in [-0.25, -0.2) is 0 Å². The van der Waals surface area contributed by atoms with Crippen molar-refractivity contribution in [3.63, 3.8) is 0 Å². The molecule has 4 aliphatic rings. The first-order valence-electron chi connectivity index (χ1n) is 16.8. The average Bonchev–Trinajstić information content (AvgIpc) is 3.02. The van der Waals surface area contributed by atoms with E-state index >= 15 is 0 Å². The van der Waals surface area contributed by atoms with Crippen LogP contribution in [0.2, 0.25) is 0 Å². The van der Waals surface area contributed by atoms with Crippen LogP contribution in [0.15, 0.2) is 24.3 Å². The second-order valence-corrected chi connectivity index (χ2v) is 13.6. The third-order valence-corrected chi connectivity index (χ3v) is 10.6. The van der Waals surface area contributed by atoms with Gasteiger partial charge in [0.05, 0.1) is 11.7 Å². The van der Waals surface area contributed by atoms with Crippen molar-refractivity contribution >= 4 is 30.1 Å². The van der Waals surface area contributed by atoms with Gasteiger partial charge >= 0.3 is 0 Å². The number of piperidine rings is 1. The van der Waals surface area contributed by atoms with Crippen molar-refractivity contribution in [2.75, 3.05) is 33.2 Å². The third-order valence-electron chi connectivity index (χ3n) is 10.6. The lowest BCUT2D eigenvalue weighted by Crippen LogP contribution is -2.73. The average molecular weight is 633 g/mol. The molecule has 1 spiro atoms. The maximum absolute atomic E-state index is 13.8. The van der Waals surface area contributed by atoms with E-state index in [1.165, 1.54) is 0 Å². The number of piperazine rings is 1. The van der Waals surface area contributed by atoms with Gasteiger partial charge < -0.3 is 30.3 Å². The Morgan fingerprint density at radius 1 is 1.02 bits per heavy atom. The van der Waals surface area contributed by atoms with Gasteiger partial charge in [-0.2, -0.15) is 0 Å². The predicted molar refractivity (Wildman–Crippen MR) is 173 cm³/mol. The van der Waals surface area contributed by atoms with Crippen molar-refractivity contribution in [1.82, 2.24) is 20.4 Å². The van der Waals surface area contributed by atoms with Crippen LogP contribution in [0, 0.1) is 5.92 Å². The topological polar surface area (TPSA) is 111 Å². The zero-order valence-electron chi connectivity index (χ0n) is 26.7. The normalized spacial score (nSPS) is 26.9. The molecule has 3 N–H and O–H groups in total. The van der Waals surface area contributed by atoms with Crippen molar-refractivity contribution in [3.8, 4) is 5.75 Å². The van der Waals surface area contributed by atoms with Gasteiger partial charge in [0.2, 0.25) is 11.8 Å². The van der Waals surface area contributed by atoms with Gasteiger partial charge in [-0.05, 0) is 88.0 Å². The van der Waals surface area contributed by atoms with Gasteiger partial charge in [0.1, 0.15) is 17.3 Å². The highest BCUT2D eigenvalue weighted by molar-refractivity contribution is 6.00. The van der Waals surface area contributed by atoms with Crippen LogP contribution >= 0.6 is 12.4 Å². The van der Waals surface area contributed by atoms with E-state index in [1.807, 2.05) is 17.0 Å². The van der Waals surface area contributed by atoms with E-state index in [0.29, 0.717) is 50.1 Å². The third kappa shape index (κ3) is 7.88. The molecule has 0 radical (unpaired) electrons. The number of carbonyl (C=O) groups is 3. The lowest BCUT2D eigenvalue weighted by molar-refractivity contribution is -0.163. The first-order valence-corrected chi connectivity index (χ1v) is 16.8. The molecule has 0 bridgehead atoms. The van der Waals surface area contributed by atoms with Crippen LogP contribution < -0.4 is 15.4 Å². The number of rotatable bonds is 10. The van der Waals surface area contributed by atoms with Crippen LogP contribution in [0.1, 0.15) is 107 Å². The van der Waals surface area contributed by atoms with Gasteiger partial charge in [-0.3, -0.25) is 14.4 Å². The van der Waals surface area contributed by atoms with Gasteiger partial charge in [0.25, 0.3) is 5.91 Å². The Bertz CT molecular complexity index is 1110. The second-order valence-electron chi connectivity index (χ2n) is 13.6. The number of halogens is 1. The van der Waals surface area contributed by atoms with E-state index in [0.717, 1.165) is 83.2 Å². The monoisotopic (exact) mass is 632 g/mol. The standard InChI is InChI=1S/C34H52N4O5.ClH/c1-3-4-20-38-31(40)29(23-33(42)16-6-5-7-17-33)36-32(41)34(38)18-21-37(22-19-34)24-25-8-12-27(13-9-25)43-28-14-10-26(11-15-28)30(39)35-2;/h10-11,14-15,25,27,29,42H,3-9,12-13,16-24H2,1-2H3,(H,35,39)(H,36,41);1H/t25?,27?,29-;/m1./s1. The number of nitrogens with zero attached hydrogens (tertiary/aromatic N) is 2. The van der Waals surface area contributed by atoms with Crippen molar-refractivity contribution in [1.29, 1.82) is 0 Å². The summed E-state index contributed by atoms with van der Waals surface area (Å²) in [5, 5.41) is 16.9. The molecule has 5 rings (SSSR count). The smallest absolute Gasteiger partial charge is 0.251 e. The molecule has 2 saturated heterocycles. The van der Waals surface area contributed by atoms with Crippen LogP contribution in [-0.2, 0) is 9.59 Å². The SMILES string of the molecule is CCCCN1C(=O)[C@@H](CC2(O)CCCCC2)NC(=O)C12CCN(CC1CCC(Oc3ccc(C(=O)NC)cc3)CC1)CC2.Cl. The fourth-order valence-corrected chi connectivity index (χ4v) is 7.87. The molecule has 0 aromatic heterocycles. The molecular weight excluding hydrogens is 580 g/mol. The number of amides is 3. The highest BCUT2D eigenvalue weighted by Gasteiger charge is 2.54. The maximum Gasteiger partial charge on any atom is 0.251 e. The molecule has 2 heterocycles. The minimum Gasteiger partial charge on any atom is -0.490 e. The zero-order valence-corrected chi connectivity index (χ0v) is 27.5. The van der Waals surface area contributed by atoms with E-state index in [4.69, 9.17) is 4.74 Å². The zero-order chi connectivity index (χ0) is 30.5. The van der Waals surface area contributed by atoms with Crippen molar-refractivity contribution in [2.45, 2.75) is 120 Å².